The van der Waals surface area contributed by atoms with Gasteiger partial charge in [-0.1, -0.05) is 39.3 Å². The third-order valence-corrected chi connectivity index (χ3v) is 16.2. The van der Waals surface area contributed by atoms with E-state index in [9.17, 15) is 51.9 Å². The molecule has 0 atom stereocenters. The molecule has 0 spiro atoms. The van der Waals surface area contributed by atoms with Crippen molar-refractivity contribution in [1.29, 1.82) is 0 Å². The Morgan fingerprint density at radius 3 is 1.94 bits per heavy atom. The van der Waals surface area contributed by atoms with E-state index in [0.717, 1.165) is 0 Å². The summed E-state index contributed by atoms with van der Waals surface area (Å²) in [6.45, 7) is 9.40. The Morgan fingerprint density at radius 1 is 0.714 bits per heavy atom. The molecule has 3 aliphatic rings. The van der Waals surface area contributed by atoms with Crippen LogP contribution in [0.2, 0.25) is 0 Å². The van der Waals surface area contributed by atoms with Gasteiger partial charge in [-0.15, -0.1) is 0 Å². The smallest absolute Gasteiger partial charge is 0.294 e. The van der Waals surface area contributed by atoms with Crippen LogP contribution in [-0.4, -0.2) is 93.4 Å². The van der Waals surface area contributed by atoms with Gasteiger partial charge in [0.05, 0.1) is 38.9 Å². The summed E-state index contributed by atoms with van der Waals surface area (Å²) >= 11 is 0. The van der Waals surface area contributed by atoms with Crippen molar-refractivity contribution >= 4 is 63.1 Å². The Hall–Kier alpha value is -4.68. The summed E-state index contributed by atoms with van der Waals surface area (Å²) in [7, 11) is -17.8. The summed E-state index contributed by atoms with van der Waals surface area (Å²) in [4.78, 5) is 1.12. The lowest BCUT2D eigenvalue weighted by molar-refractivity contribution is -0.438. The largest absolute Gasteiger partial charge is 0.488 e. The number of allylic oxidation sites excluding steroid dienone is 8. The Morgan fingerprint density at radius 2 is 1.33 bits per heavy atom. The average Bonchev–Trinajstić information content (AvgIpc) is 3.59. The molecule has 382 valence electrons. The average molecular weight is 1060 g/mol. The second-order valence-electron chi connectivity index (χ2n) is 18.6. The van der Waals surface area contributed by atoms with Gasteiger partial charge in [-0.25, -0.2) is 13.2 Å². The number of benzene rings is 3. The highest BCUT2D eigenvalue weighted by Gasteiger charge is 2.45. The second-order valence-corrected chi connectivity index (χ2v) is 24.6. The molecule has 2 heterocycles. The third-order valence-electron chi connectivity index (χ3n) is 12.9. The SMILES string of the molecule is CCCCOc1c(F)cc(F)c(C2=C(C=CC3=[N+](CCCCS(=O)(=O)O)c4ccc(S(=O)(=O)O)cc4C3(C)C)CCCC2=CC=C2N(CCCCS(=O)(=O)O)c3ccc(S(=O)(=O)O)cc3C2(C)C)c1F. The van der Waals surface area contributed by atoms with Gasteiger partial charge in [-0.3, -0.25) is 18.2 Å². The molecule has 4 N–H and O–H groups in total. The lowest BCUT2D eigenvalue weighted by Gasteiger charge is -2.28. The van der Waals surface area contributed by atoms with Crippen molar-refractivity contribution in [3.63, 3.8) is 0 Å². The summed E-state index contributed by atoms with van der Waals surface area (Å²) in [6.07, 6.45) is 9.48. The van der Waals surface area contributed by atoms with Gasteiger partial charge in [0.15, 0.2) is 23.1 Å². The molecule has 0 unspecified atom stereocenters. The molecule has 3 aromatic rings. The van der Waals surface area contributed by atoms with Crippen molar-refractivity contribution in [2.45, 2.75) is 113 Å². The monoisotopic (exact) mass is 1060 g/mol. The van der Waals surface area contributed by atoms with Crippen LogP contribution in [-0.2, 0) is 51.3 Å². The van der Waals surface area contributed by atoms with Crippen LogP contribution >= 0.6 is 0 Å². The third kappa shape index (κ3) is 12.1. The summed E-state index contributed by atoms with van der Waals surface area (Å²) in [5, 5.41) is 0. The van der Waals surface area contributed by atoms with Gasteiger partial charge in [0, 0.05) is 53.5 Å². The molecule has 15 nitrogen and oxygen atoms in total. The Bertz CT molecular complexity index is 3200. The molecule has 3 aromatic carbocycles. The molecule has 0 saturated heterocycles. The van der Waals surface area contributed by atoms with Crippen LogP contribution in [0.5, 0.6) is 5.75 Å². The van der Waals surface area contributed by atoms with Crippen molar-refractivity contribution in [1.82, 2.24) is 0 Å². The first-order valence-electron chi connectivity index (χ1n) is 22.7. The molecular formula is C48H58F3N2O13S4+. The summed E-state index contributed by atoms with van der Waals surface area (Å²) in [6, 6.07) is 8.71. The van der Waals surface area contributed by atoms with Gasteiger partial charge in [0.25, 0.3) is 40.5 Å². The van der Waals surface area contributed by atoms with Crippen molar-refractivity contribution in [2.75, 3.05) is 36.1 Å². The van der Waals surface area contributed by atoms with Crippen LogP contribution < -0.4 is 9.64 Å². The predicted octanol–water partition coefficient (Wildman–Crippen LogP) is 9.29. The number of unbranched alkanes of at least 4 members (excludes halogenated alkanes) is 3. The predicted molar refractivity (Wildman–Crippen MR) is 260 cm³/mol. The maximum Gasteiger partial charge on any atom is 0.294 e. The molecular weight excluding hydrogens is 998 g/mol. The fourth-order valence-electron chi connectivity index (χ4n) is 9.41. The van der Waals surface area contributed by atoms with Gasteiger partial charge in [0.1, 0.15) is 12.4 Å². The minimum Gasteiger partial charge on any atom is -0.488 e. The first-order chi connectivity index (χ1) is 32.5. The molecule has 6 rings (SSSR count). The Kier molecular flexibility index (Phi) is 16.2. The minimum absolute atomic E-state index is 0.0572. The van der Waals surface area contributed by atoms with Gasteiger partial charge in [-0.05, 0) is 117 Å². The maximum absolute atomic E-state index is 17.0. The standard InChI is InChI=1S/C48H57F3N2O13S4/c1-6-7-25-66-46-38(50)30-37(49)44(45(46)51)43-31(15-21-41-47(2,3)35-28-33(69(60,61)62)17-19-39(35)52(41)23-8-10-26-67(54,55)56)13-12-14-32(43)16-22-42-48(4,5)36-29-34(70(63,64)65)18-20-40(36)53(42)24-9-11-27-68(57,58)59/h15-22,28-30H,6-14,23-27H2,1-5H3,(H3-,54,55,56,57,58,59,60,61,62,63,64,65)/p+1. The van der Waals surface area contributed by atoms with Gasteiger partial charge < -0.3 is 9.64 Å². The van der Waals surface area contributed by atoms with Gasteiger partial charge in [-0.2, -0.15) is 38.2 Å². The van der Waals surface area contributed by atoms with E-state index in [4.69, 9.17) is 4.74 Å². The van der Waals surface area contributed by atoms with E-state index in [1.165, 1.54) is 36.4 Å². The zero-order valence-corrected chi connectivity index (χ0v) is 42.6. The van der Waals surface area contributed by atoms with Crippen molar-refractivity contribution in [3.05, 3.63) is 118 Å². The van der Waals surface area contributed by atoms with E-state index in [-0.39, 0.29) is 73.6 Å². The first-order valence-corrected chi connectivity index (χ1v) is 28.8. The number of anilines is 1. The van der Waals surface area contributed by atoms with Crippen LogP contribution in [0.3, 0.4) is 0 Å². The van der Waals surface area contributed by atoms with E-state index in [1.807, 2.05) is 16.4 Å². The minimum atomic E-state index is -4.64. The van der Waals surface area contributed by atoms with Crippen molar-refractivity contribution in [2.24, 2.45) is 0 Å². The van der Waals surface area contributed by atoms with Crippen LogP contribution in [0.1, 0.15) is 109 Å². The number of nitrogens with zero attached hydrogens (tertiary/aromatic N) is 2. The van der Waals surface area contributed by atoms with E-state index in [0.29, 0.717) is 70.4 Å². The number of hydrogen-bond acceptors (Lipinski definition) is 10. The maximum atomic E-state index is 17.0. The molecule has 0 aromatic heterocycles. The summed E-state index contributed by atoms with van der Waals surface area (Å²) in [5.41, 5.74) is 1.60. The zero-order chi connectivity index (χ0) is 51.8. The summed E-state index contributed by atoms with van der Waals surface area (Å²) < 4.78 is 190. The number of rotatable bonds is 20. The number of ether oxygens (including phenoxy) is 1. The van der Waals surface area contributed by atoms with Crippen LogP contribution in [0.25, 0.3) is 5.57 Å². The topological polar surface area (TPSA) is 233 Å². The fourth-order valence-corrected chi connectivity index (χ4v) is 11.6. The normalized spacial score (nSPS) is 18.4. The Labute approximate surface area is 408 Å². The fraction of sp³-hybridized carbons (Fsp3) is 0.438. The van der Waals surface area contributed by atoms with E-state index < -0.39 is 91.6 Å². The summed E-state index contributed by atoms with van der Waals surface area (Å²) in [5.74, 6) is -5.53. The van der Waals surface area contributed by atoms with Gasteiger partial charge >= 0.3 is 0 Å². The number of halogens is 3. The molecule has 0 fully saturated rings. The molecule has 0 bridgehead atoms. The number of hydrogen-bond donors (Lipinski definition) is 4. The zero-order valence-electron chi connectivity index (χ0n) is 39.4. The lowest BCUT2D eigenvalue weighted by atomic mass is 9.79. The molecule has 2 aliphatic heterocycles. The second kappa shape index (κ2) is 20.8. The molecule has 70 heavy (non-hydrogen) atoms. The molecule has 0 radical (unpaired) electrons. The van der Waals surface area contributed by atoms with Crippen LogP contribution in [0.4, 0.5) is 24.5 Å². The lowest BCUT2D eigenvalue weighted by Crippen LogP contribution is -2.28. The van der Waals surface area contributed by atoms with Crippen molar-refractivity contribution < 1.29 is 74.4 Å². The van der Waals surface area contributed by atoms with E-state index in [2.05, 4.69) is 0 Å². The quantitative estimate of drug-likeness (QED) is 0.0469. The van der Waals surface area contributed by atoms with Crippen LogP contribution in [0.15, 0.2) is 93.4 Å². The molecule has 0 amide bonds. The molecule has 22 heteroatoms. The first kappa shape index (κ1) is 54.6. The highest BCUT2D eigenvalue weighted by atomic mass is 32.2. The van der Waals surface area contributed by atoms with Crippen LogP contribution in [0, 0.1) is 17.5 Å². The highest BCUT2D eigenvalue weighted by molar-refractivity contribution is 7.86. The molecule has 0 saturated carbocycles. The highest BCUT2D eigenvalue weighted by Crippen LogP contribution is 2.50. The molecule has 1 aliphatic carbocycles. The number of fused-ring (bicyclic) bond motifs is 2. The van der Waals surface area contributed by atoms with E-state index in [1.54, 1.807) is 52.0 Å². The Balaban J connectivity index is 1.57. The van der Waals surface area contributed by atoms with Gasteiger partial charge in [0.2, 0.25) is 5.69 Å². The van der Waals surface area contributed by atoms with Crippen molar-refractivity contribution in [3.8, 4) is 5.75 Å². The van der Waals surface area contributed by atoms with E-state index >= 15 is 13.2 Å².